The van der Waals surface area contributed by atoms with Gasteiger partial charge in [0.15, 0.2) is 0 Å². The van der Waals surface area contributed by atoms with E-state index in [4.69, 9.17) is 0 Å². The van der Waals surface area contributed by atoms with E-state index < -0.39 is 28.9 Å². The summed E-state index contributed by atoms with van der Waals surface area (Å²) in [5, 5.41) is 6.76. The van der Waals surface area contributed by atoms with Crippen LogP contribution in [0.3, 0.4) is 0 Å². The first kappa shape index (κ1) is 15.7. The van der Waals surface area contributed by atoms with Crippen molar-refractivity contribution in [3.63, 3.8) is 0 Å². The van der Waals surface area contributed by atoms with E-state index in [-0.39, 0.29) is 24.5 Å². The Hall–Kier alpha value is -2.65. The van der Waals surface area contributed by atoms with Crippen LogP contribution in [0.5, 0.6) is 0 Å². The topological polar surface area (TPSA) is 94.6 Å². The molecule has 0 fully saturated rings. The number of rotatable bonds is 2. The van der Waals surface area contributed by atoms with E-state index in [1.54, 1.807) is 0 Å². The molecule has 10 heteroatoms. The standard InChI is InChI=1S/C12H11F3N4O3/c1-19-9(20)3-2-7(18-19)11(22)17-8-4-6(12(13,14)15)5-16-10(8)21/h4-5H,2-3H2,1H3,(H,16,21)(H,17,22). The number of halogens is 3. The number of hydrogen-bond donors (Lipinski definition) is 2. The van der Waals surface area contributed by atoms with Crippen molar-refractivity contribution in [3.05, 3.63) is 28.2 Å². The van der Waals surface area contributed by atoms with E-state index in [1.807, 2.05) is 4.98 Å². The number of aromatic amines is 1. The van der Waals surface area contributed by atoms with Crippen LogP contribution in [0.15, 0.2) is 22.2 Å². The zero-order valence-corrected chi connectivity index (χ0v) is 11.3. The lowest BCUT2D eigenvalue weighted by Gasteiger charge is -2.18. The molecule has 7 nitrogen and oxygen atoms in total. The Morgan fingerprint density at radius 3 is 2.64 bits per heavy atom. The number of carbonyl (C=O) groups excluding carboxylic acids is 2. The highest BCUT2D eigenvalue weighted by Gasteiger charge is 2.32. The molecule has 1 aliphatic rings. The van der Waals surface area contributed by atoms with Crippen LogP contribution in [0, 0.1) is 0 Å². The molecule has 2 rings (SSSR count). The van der Waals surface area contributed by atoms with Gasteiger partial charge in [0.25, 0.3) is 11.5 Å². The highest BCUT2D eigenvalue weighted by Crippen LogP contribution is 2.29. The molecule has 2 heterocycles. The van der Waals surface area contributed by atoms with Gasteiger partial charge in [-0.2, -0.15) is 18.3 Å². The number of nitrogens with zero attached hydrogens (tertiary/aromatic N) is 2. The minimum atomic E-state index is -4.65. The lowest BCUT2D eigenvalue weighted by molar-refractivity contribution is -0.138. The molecule has 0 bridgehead atoms. The maximum Gasteiger partial charge on any atom is 0.417 e. The van der Waals surface area contributed by atoms with Gasteiger partial charge in [-0.05, 0) is 6.07 Å². The van der Waals surface area contributed by atoms with E-state index in [2.05, 4.69) is 10.4 Å². The number of pyridine rings is 1. The summed E-state index contributed by atoms with van der Waals surface area (Å²) in [6.45, 7) is 0. The van der Waals surface area contributed by atoms with Crippen LogP contribution in [0.1, 0.15) is 18.4 Å². The first-order valence-electron chi connectivity index (χ1n) is 6.14. The largest absolute Gasteiger partial charge is 0.417 e. The zero-order valence-electron chi connectivity index (χ0n) is 11.3. The Bertz CT molecular complexity index is 708. The normalized spacial score (nSPS) is 15.5. The van der Waals surface area contributed by atoms with Gasteiger partial charge in [0.1, 0.15) is 11.4 Å². The monoisotopic (exact) mass is 316 g/mol. The molecule has 0 saturated heterocycles. The van der Waals surface area contributed by atoms with Crippen molar-refractivity contribution in [2.75, 3.05) is 12.4 Å². The Morgan fingerprint density at radius 1 is 1.36 bits per heavy atom. The van der Waals surface area contributed by atoms with Crippen molar-refractivity contribution in [3.8, 4) is 0 Å². The maximum atomic E-state index is 12.6. The summed E-state index contributed by atoms with van der Waals surface area (Å²) in [5.74, 6) is -1.11. The summed E-state index contributed by atoms with van der Waals surface area (Å²) in [6.07, 6.45) is -4.03. The molecule has 2 amide bonds. The Kier molecular flexibility index (Phi) is 4.02. The molecule has 1 aromatic rings. The second-order valence-electron chi connectivity index (χ2n) is 4.55. The quantitative estimate of drug-likeness (QED) is 0.850. The summed E-state index contributed by atoms with van der Waals surface area (Å²) in [5.41, 5.74) is -2.55. The molecule has 22 heavy (non-hydrogen) atoms. The van der Waals surface area contributed by atoms with E-state index >= 15 is 0 Å². The van der Waals surface area contributed by atoms with Crippen LogP contribution in [-0.2, 0) is 15.8 Å². The number of alkyl halides is 3. The molecule has 0 aliphatic carbocycles. The van der Waals surface area contributed by atoms with Gasteiger partial charge in [0.05, 0.1) is 5.56 Å². The van der Waals surface area contributed by atoms with Crippen molar-refractivity contribution in [2.45, 2.75) is 19.0 Å². The predicted octanol–water partition coefficient (Wildman–Crippen LogP) is 0.940. The summed E-state index contributed by atoms with van der Waals surface area (Å²) in [4.78, 5) is 36.6. The smallest absolute Gasteiger partial charge is 0.327 e. The fourth-order valence-corrected chi connectivity index (χ4v) is 1.77. The fourth-order valence-electron chi connectivity index (χ4n) is 1.77. The van der Waals surface area contributed by atoms with Gasteiger partial charge in [0.2, 0.25) is 5.91 Å². The Labute approximate surface area is 121 Å². The summed E-state index contributed by atoms with van der Waals surface area (Å²) in [7, 11) is 1.35. The average molecular weight is 316 g/mol. The highest BCUT2D eigenvalue weighted by atomic mass is 19.4. The first-order valence-corrected chi connectivity index (χ1v) is 6.14. The second kappa shape index (κ2) is 5.62. The number of carbonyl (C=O) groups is 2. The molecule has 0 spiro atoms. The van der Waals surface area contributed by atoms with E-state index in [0.29, 0.717) is 12.3 Å². The zero-order chi connectivity index (χ0) is 16.5. The summed E-state index contributed by atoms with van der Waals surface area (Å²) >= 11 is 0. The van der Waals surface area contributed by atoms with Crippen LogP contribution < -0.4 is 10.9 Å². The van der Waals surface area contributed by atoms with Crippen LogP contribution in [0.2, 0.25) is 0 Å². The average Bonchev–Trinajstić information content (AvgIpc) is 2.43. The highest BCUT2D eigenvalue weighted by molar-refractivity contribution is 6.43. The summed E-state index contributed by atoms with van der Waals surface area (Å²) in [6, 6.07) is 0.537. The molecule has 0 atom stereocenters. The van der Waals surface area contributed by atoms with E-state index in [9.17, 15) is 27.6 Å². The van der Waals surface area contributed by atoms with Crippen molar-refractivity contribution in [1.29, 1.82) is 0 Å². The molecule has 1 aromatic heterocycles. The number of amides is 2. The number of nitrogens with one attached hydrogen (secondary N) is 2. The third-order valence-corrected chi connectivity index (χ3v) is 2.95. The molecule has 0 saturated carbocycles. The van der Waals surface area contributed by atoms with Crippen molar-refractivity contribution in [1.82, 2.24) is 9.99 Å². The third kappa shape index (κ3) is 3.32. The van der Waals surface area contributed by atoms with Crippen molar-refractivity contribution in [2.24, 2.45) is 5.10 Å². The molecular weight excluding hydrogens is 305 g/mol. The first-order chi connectivity index (χ1) is 10.2. The third-order valence-electron chi connectivity index (χ3n) is 2.95. The molecular formula is C12H11F3N4O3. The van der Waals surface area contributed by atoms with Gasteiger partial charge in [-0.3, -0.25) is 14.4 Å². The van der Waals surface area contributed by atoms with Gasteiger partial charge in [-0.15, -0.1) is 0 Å². The van der Waals surface area contributed by atoms with E-state index in [0.717, 1.165) is 5.01 Å². The van der Waals surface area contributed by atoms with Crippen LogP contribution in [0.4, 0.5) is 18.9 Å². The number of hydrazone groups is 1. The molecule has 0 radical (unpaired) electrons. The van der Waals surface area contributed by atoms with Crippen LogP contribution in [0.25, 0.3) is 0 Å². The lowest BCUT2D eigenvalue weighted by Crippen LogP contribution is -2.35. The van der Waals surface area contributed by atoms with Gasteiger partial charge in [0, 0.05) is 26.1 Å². The van der Waals surface area contributed by atoms with Crippen molar-refractivity contribution < 1.29 is 22.8 Å². The Balaban J connectivity index is 2.24. The predicted molar refractivity (Wildman–Crippen MR) is 70.1 cm³/mol. The SMILES string of the molecule is CN1N=C(C(=O)Nc2cc(C(F)(F)F)c[nH]c2=O)CCC1=O. The number of H-pyrrole nitrogens is 1. The van der Waals surface area contributed by atoms with Gasteiger partial charge < -0.3 is 10.3 Å². The summed E-state index contributed by atoms with van der Waals surface area (Å²) < 4.78 is 37.7. The van der Waals surface area contributed by atoms with Crippen LogP contribution in [-0.4, -0.2) is 34.6 Å². The minimum Gasteiger partial charge on any atom is -0.327 e. The molecule has 0 unspecified atom stereocenters. The van der Waals surface area contributed by atoms with Gasteiger partial charge in [-0.1, -0.05) is 0 Å². The second-order valence-corrected chi connectivity index (χ2v) is 4.55. The maximum absolute atomic E-state index is 12.6. The molecule has 1 aliphatic heterocycles. The van der Waals surface area contributed by atoms with E-state index in [1.165, 1.54) is 7.05 Å². The van der Waals surface area contributed by atoms with Gasteiger partial charge in [-0.25, -0.2) is 5.01 Å². The number of anilines is 1. The van der Waals surface area contributed by atoms with Crippen molar-refractivity contribution >= 4 is 23.2 Å². The fraction of sp³-hybridized carbons (Fsp3) is 0.333. The number of hydrogen-bond acceptors (Lipinski definition) is 4. The van der Waals surface area contributed by atoms with Crippen LogP contribution >= 0.6 is 0 Å². The molecule has 118 valence electrons. The van der Waals surface area contributed by atoms with Gasteiger partial charge >= 0.3 is 6.18 Å². The minimum absolute atomic E-state index is 0.0427. The molecule has 0 aromatic carbocycles. The number of aromatic nitrogens is 1. The Morgan fingerprint density at radius 2 is 2.05 bits per heavy atom. The lowest BCUT2D eigenvalue weighted by atomic mass is 10.1. The molecule has 2 N–H and O–H groups in total.